The fraction of sp³-hybridized carbons (Fsp3) is 0.0400. The first kappa shape index (κ1) is 28.5. The summed E-state index contributed by atoms with van der Waals surface area (Å²) >= 11 is 0. The van der Waals surface area contributed by atoms with Crippen LogP contribution < -0.4 is 4.57 Å². The van der Waals surface area contributed by atoms with Crippen LogP contribution in [0.2, 0.25) is 0 Å². The van der Waals surface area contributed by atoms with Gasteiger partial charge in [0, 0.05) is 21.1 Å². The Labute approximate surface area is 318 Å². The van der Waals surface area contributed by atoms with E-state index in [2.05, 4.69) is 184 Å². The van der Waals surface area contributed by atoms with E-state index in [-0.39, 0.29) is 5.56 Å². The number of benzene rings is 7. The molecular formula is C50H37N4+. The van der Waals surface area contributed by atoms with E-state index in [0.29, 0.717) is 5.82 Å². The summed E-state index contributed by atoms with van der Waals surface area (Å²) in [6, 6.07) is 67.6. The predicted molar refractivity (Wildman–Crippen MR) is 220 cm³/mol. The van der Waals surface area contributed by atoms with Crippen LogP contribution in [0.3, 0.4) is 0 Å². The Bertz CT molecular complexity index is 3020. The molecule has 0 unspecified atom stereocenters. The molecule has 0 N–H and O–H groups in total. The molecule has 10 rings (SSSR count). The van der Waals surface area contributed by atoms with Gasteiger partial charge >= 0.3 is 0 Å². The summed E-state index contributed by atoms with van der Waals surface area (Å²) in [6.45, 7) is -2.27. The third-order valence-corrected chi connectivity index (χ3v) is 10.7. The van der Waals surface area contributed by atoms with E-state index >= 15 is 0 Å². The number of fused-ring (bicyclic) bond motifs is 4. The SMILES string of the molecule is [2H]C([2H])([2H])c1ccnc(-n2c3ccccc3c3ccc(C(c4ccccc4)(c4ccccc4)c4cccc(-n5c[n+](-c6ccccc6)c6ccccc65)c4)cc32)c1. The summed E-state index contributed by atoms with van der Waals surface area (Å²) in [4.78, 5) is 4.76. The summed E-state index contributed by atoms with van der Waals surface area (Å²) in [5.41, 5.74) is 10.1. The summed E-state index contributed by atoms with van der Waals surface area (Å²) in [7, 11) is 0. The van der Waals surface area contributed by atoms with Crippen molar-refractivity contribution in [2.24, 2.45) is 0 Å². The third-order valence-electron chi connectivity index (χ3n) is 10.7. The van der Waals surface area contributed by atoms with Crippen LogP contribution >= 0.6 is 0 Å². The van der Waals surface area contributed by atoms with Gasteiger partial charge in [0.25, 0.3) is 6.33 Å². The van der Waals surface area contributed by atoms with E-state index in [1.165, 1.54) is 0 Å². The standard InChI is InChI=1S/C50H37N4/c1-36-30-31-51-49(32-36)54-45-25-12-11-24-43(45)44-29-28-40(34-48(44)54)50(37-16-5-2-6-17-37,38-18-7-3-8-19-38)39-20-15-23-42(33-39)53-35-52(41-21-9-4-10-22-41)46-26-13-14-27-47(46)53/h2-35H,1H3/q+1/i1D3. The lowest BCUT2D eigenvalue weighted by Crippen LogP contribution is -2.31. The first-order valence-electron chi connectivity index (χ1n) is 19.7. The monoisotopic (exact) mass is 696 g/mol. The number of hydrogen-bond acceptors (Lipinski definition) is 1. The van der Waals surface area contributed by atoms with Crippen molar-refractivity contribution < 1.29 is 8.68 Å². The number of imidazole rings is 1. The Balaban J connectivity index is 1.27. The number of aromatic nitrogens is 4. The highest BCUT2D eigenvalue weighted by molar-refractivity contribution is 6.09. The van der Waals surface area contributed by atoms with Gasteiger partial charge in [-0.2, -0.15) is 9.13 Å². The van der Waals surface area contributed by atoms with Crippen molar-refractivity contribution in [3.63, 3.8) is 0 Å². The molecule has 4 heteroatoms. The molecule has 0 radical (unpaired) electrons. The fourth-order valence-corrected chi connectivity index (χ4v) is 8.37. The van der Waals surface area contributed by atoms with Crippen LogP contribution in [-0.2, 0) is 5.41 Å². The lowest BCUT2D eigenvalue weighted by Gasteiger charge is -2.37. The summed E-state index contributed by atoms with van der Waals surface area (Å²) in [5, 5.41) is 2.13. The van der Waals surface area contributed by atoms with Gasteiger partial charge in [-0.1, -0.05) is 133 Å². The molecule has 0 bridgehead atoms. The molecule has 4 nitrogen and oxygen atoms in total. The molecule has 0 atom stereocenters. The molecule has 0 aliphatic rings. The van der Waals surface area contributed by atoms with Gasteiger partial charge in [-0.15, -0.1) is 0 Å². The highest BCUT2D eigenvalue weighted by Gasteiger charge is 2.39. The molecule has 3 aromatic heterocycles. The number of aryl methyl sites for hydroxylation is 1. The highest BCUT2D eigenvalue weighted by atomic mass is 15.1. The molecule has 3 heterocycles. The Morgan fingerprint density at radius 1 is 0.519 bits per heavy atom. The fourth-order valence-electron chi connectivity index (χ4n) is 8.37. The minimum Gasteiger partial charge on any atom is -0.294 e. The quantitative estimate of drug-likeness (QED) is 0.120. The second-order valence-electron chi connectivity index (χ2n) is 13.7. The van der Waals surface area contributed by atoms with Crippen molar-refractivity contribution in [2.45, 2.75) is 12.3 Å². The zero-order chi connectivity index (χ0) is 38.6. The molecule has 0 amide bonds. The van der Waals surface area contributed by atoms with Crippen LogP contribution in [0.4, 0.5) is 0 Å². The van der Waals surface area contributed by atoms with Gasteiger partial charge in [0.15, 0.2) is 11.0 Å². The maximum Gasteiger partial charge on any atom is 0.255 e. The molecular weight excluding hydrogens is 657 g/mol. The molecule has 0 aliphatic heterocycles. The summed E-state index contributed by atoms with van der Waals surface area (Å²) in [5.74, 6) is 0.560. The predicted octanol–water partition coefficient (Wildman–Crippen LogP) is 11.1. The van der Waals surface area contributed by atoms with E-state index in [0.717, 1.165) is 66.5 Å². The van der Waals surface area contributed by atoms with Gasteiger partial charge in [-0.05, 0) is 95.3 Å². The molecule has 7 aromatic carbocycles. The molecule has 0 fully saturated rings. The van der Waals surface area contributed by atoms with Crippen molar-refractivity contribution in [1.29, 1.82) is 0 Å². The lowest BCUT2D eigenvalue weighted by molar-refractivity contribution is -0.567. The molecule has 0 saturated carbocycles. The molecule has 0 saturated heterocycles. The van der Waals surface area contributed by atoms with Crippen LogP contribution in [0, 0.1) is 6.85 Å². The van der Waals surface area contributed by atoms with Crippen LogP contribution in [-0.4, -0.2) is 14.1 Å². The minimum absolute atomic E-state index is 0.250. The number of para-hydroxylation sites is 4. The second kappa shape index (κ2) is 12.9. The Morgan fingerprint density at radius 2 is 1.15 bits per heavy atom. The van der Waals surface area contributed by atoms with Crippen molar-refractivity contribution in [2.75, 3.05) is 0 Å². The Morgan fingerprint density at radius 3 is 1.91 bits per heavy atom. The van der Waals surface area contributed by atoms with Gasteiger partial charge in [0.2, 0.25) is 0 Å². The number of hydrogen-bond donors (Lipinski definition) is 0. The van der Waals surface area contributed by atoms with Gasteiger partial charge in [-0.3, -0.25) is 4.57 Å². The Kier molecular flexibility index (Phi) is 6.80. The Hall–Kier alpha value is -7.04. The number of pyridine rings is 1. The molecule has 10 aromatic rings. The van der Waals surface area contributed by atoms with Gasteiger partial charge in [0.05, 0.1) is 16.4 Å². The van der Waals surface area contributed by atoms with E-state index in [1.807, 2.05) is 18.2 Å². The number of rotatable bonds is 7. The van der Waals surface area contributed by atoms with Crippen LogP contribution in [0.25, 0.3) is 50.0 Å². The van der Waals surface area contributed by atoms with E-state index in [9.17, 15) is 0 Å². The van der Waals surface area contributed by atoms with Crippen molar-refractivity contribution in [3.8, 4) is 17.2 Å². The lowest BCUT2D eigenvalue weighted by atomic mass is 9.65. The minimum atomic E-state index is -2.27. The van der Waals surface area contributed by atoms with Crippen molar-refractivity contribution >= 4 is 32.8 Å². The normalized spacial score (nSPS) is 12.9. The van der Waals surface area contributed by atoms with E-state index in [1.54, 1.807) is 18.3 Å². The maximum absolute atomic E-state index is 8.18. The van der Waals surface area contributed by atoms with E-state index in [4.69, 9.17) is 9.10 Å². The second-order valence-corrected chi connectivity index (χ2v) is 13.7. The third kappa shape index (κ3) is 4.99. The van der Waals surface area contributed by atoms with Crippen molar-refractivity contribution in [1.82, 2.24) is 14.1 Å². The topological polar surface area (TPSA) is 26.6 Å². The van der Waals surface area contributed by atoms with E-state index < -0.39 is 12.3 Å². The van der Waals surface area contributed by atoms with Crippen LogP contribution in [0.1, 0.15) is 31.9 Å². The van der Waals surface area contributed by atoms with Gasteiger partial charge in [-0.25, -0.2) is 4.98 Å². The maximum atomic E-state index is 8.18. The molecule has 0 spiro atoms. The van der Waals surface area contributed by atoms with Crippen LogP contribution in [0.5, 0.6) is 0 Å². The summed E-state index contributed by atoms with van der Waals surface area (Å²) in [6.07, 6.45) is 3.77. The first-order valence-corrected chi connectivity index (χ1v) is 18.2. The van der Waals surface area contributed by atoms with Gasteiger partial charge < -0.3 is 0 Å². The van der Waals surface area contributed by atoms with Gasteiger partial charge in [0.1, 0.15) is 17.2 Å². The average Bonchev–Trinajstić information content (AvgIpc) is 3.81. The summed E-state index contributed by atoms with van der Waals surface area (Å²) < 4.78 is 31.2. The smallest absolute Gasteiger partial charge is 0.255 e. The highest BCUT2D eigenvalue weighted by Crippen LogP contribution is 2.47. The molecule has 0 aliphatic carbocycles. The zero-order valence-electron chi connectivity index (χ0n) is 32.4. The van der Waals surface area contributed by atoms with Crippen molar-refractivity contribution in [3.05, 3.63) is 234 Å². The average molecular weight is 697 g/mol. The largest absolute Gasteiger partial charge is 0.294 e. The number of nitrogens with zero attached hydrogens (tertiary/aromatic N) is 4. The molecule has 256 valence electrons. The molecule has 54 heavy (non-hydrogen) atoms. The first-order chi connectivity index (χ1) is 27.9. The van der Waals surface area contributed by atoms with Crippen LogP contribution in [0.15, 0.2) is 207 Å². The zero-order valence-corrected chi connectivity index (χ0v) is 29.4.